The zero-order valence-electron chi connectivity index (χ0n) is 6.26. The summed E-state index contributed by atoms with van der Waals surface area (Å²) < 4.78 is 0.353. The first-order chi connectivity index (χ1) is 5.77. The molecule has 0 radical (unpaired) electrons. The van der Waals surface area contributed by atoms with Gasteiger partial charge in [-0.05, 0) is 18.6 Å². The van der Waals surface area contributed by atoms with Crippen molar-refractivity contribution in [2.24, 2.45) is 0 Å². The molecule has 0 unspecified atom stereocenters. The highest BCUT2D eigenvalue weighted by atomic mass is 32.1. The molecule has 1 aromatic heterocycles. The van der Waals surface area contributed by atoms with Crippen LogP contribution >= 0.6 is 12.2 Å². The summed E-state index contributed by atoms with van der Waals surface area (Å²) in [4.78, 5) is 17.9. The normalized spacial score (nSPS) is 15.2. The SMILES string of the molecule is O=C1NCCc2cnc(=S)[nH]c21. The van der Waals surface area contributed by atoms with Gasteiger partial charge in [0.05, 0.1) is 0 Å². The average molecular weight is 181 g/mol. The van der Waals surface area contributed by atoms with Gasteiger partial charge in [0.25, 0.3) is 5.91 Å². The molecule has 0 atom stereocenters. The van der Waals surface area contributed by atoms with Crippen LogP contribution in [0.5, 0.6) is 0 Å². The Bertz CT molecular complexity index is 384. The number of carbonyl (C=O) groups excluding carboxylic acids is 1. The zero-order chi connectivity index (χ0) is 8.55. The van der Waals surface area contributed by atoms with E-state index in [2.05, 4.69) is 15.3 Å². The van der Waals surface area contributed by atoms with E-state index in [1.807, 2.05) is 0 Å². The lowest BCUT2D eigenvalue weighted by molar-refractivity contribution is 0.0940. The lowest BCUT2D eigenvalue weighted by Crippen LogP contribution is -2.32. The fourth-order valence-electron chi connectivity index (χ4n) is 1.21. The first-order valence-electron chi connectivity index (χ1n) is 3.64. The number of amides is 1. The lowest BCUT2D eigenvalue weighted by Gasteiger charge is -2.14. The average Bonchev–Trinajstić information content (AvgIpc) is 2.07. The van der Waals surface area contributed by atoms with Gasteiger partial charge >= 0.3 is 0 Å². The number of carbonyl (C=O) groups is 1. The van der Waals surface area contributed by atoms with Crippen molar-refractivity contribution in [1.29, 1.82) is 0 Å². The van der Waals surface area contributed by atoms with E-state index < -0.39 is 0 Å². The predicted molar refractivity (Wildman–Crippen MR) is 45.5 cm³/mol. The van der Waals surface area contributed by atoms with Gasteiger partial charge in [0.15, 0.2) is 4.77 Å². The standard InChI is InChI=1S/C7H7N3OS/c11-6-5-4(1-2-8-6)3-9-7(12)10-5/h3H,1-2H2,(H,8,11)(H,9,10,12). The first kappa shape index (κ1) is 7.42. The number of rotatable bonds is 0. The number of hydrogen-bond donors (Lipinski definition) is 2. The summed E-state index contributed by atoms with van der Waals surface area (Å²) in [7, 11) is 0. The van der Waals surface area contributed by atoms with Crippen LogP contribution in [0, 0.1) is 4.77 Å². The summed E-state index contributed by atoms with van der Waals surface area (Å²) in [5, 5.41) is 2.72. The molecule has 1 amide bonds. The highest BCUT2D eigenvalue weighted by Crippen LogP contribution is 2.08. The molecule has 12 heavy (non-hydrogen) atoms. The Morgan fingerprint density at radius 1 is 1.58 bits per heavy atom. The van der Waals surface area contributed by atoms with Gasteiger partial charge in [-0.2, -0.15) is 0 Å². The molecule has 1 aliphatic rings. The summed E-state index contributed by atoms with van der Waals surface area (Å²) in [6, 6.07) is 0. The first-order valence-corrected chi connectivity index (χ1v) is 4.04. The molecule has 0 saturated heterocycles. The van der Waals surface area contributed by atoms with Crippen molar-refractivity contribution < 1.29 is 4.79 Å². The Morgan fingerprint density at radius 3 is 3.25 bits per heavy atom. The van der Waals surface area contributed by atoms with Gasteiger partial charge < -0.3 is 10.3 Å². The third-order valence-corrected chi connectivity index (χ3v) is 2.01. The fourth-order valence-corrected chi connectivity index (χ4v) is 1.37. The predicted octanol–water partition coefficient (Wildman–Crippen LogP) is 0.425. The highest BCUT2D eigenvalue weighted by Gasteiger charge is 2.16. The summed E-state index contributed by atoms with van der Waals surface area (Å²) in [5.74, 6) is -0.0928. The molecule has 0 fully saturated rings. The zero-order valence-corrected chi connectivity index (χ0v) is 7.07. The Hall–Kier alpha value is -1.23. The minimum atomic E-state index is -0.0928. The van der Waals surface area contributed by atoms with Crippen LogP contribution in [0.1, 0.15) is 16.1 Å². The van der Waals surface area contributed by atoms with E-state index in [4.69, 9.17) is 12.2 Å². The van der Waals surface area contributed by atoms with Gasteiger partial charge in [0, 0.05) is 18.3 Å². The number of nitrogens with one attached hydrogen (secondary N) is 2. The molecule has 0 aliphatic carbocycles. The number of aromatic amines is 1. The molecule has 4 nitrogen and oxygen atoms in total. The van der Waals surface area contributed by atoms with Gasteiger partial charge in [-0.25, -0.2) is 4.98 Å². The van der Waals surface area contributed by atoms with Crippen LogP contribution in [0.15, 0.2) is 6.20 Å². The Morgan fingerprint density at radius 2 is 2.42 bits per heavy atom. The molecule has 5 heteroatoms. The van der Waals surface area contributed by atoms with E-state index in [1.54, 1.807) is 6.20 Å². The maximum Gasteiger partial charge on any atom is 0.268 e. The van der Waals surface area contributed by atoms with E-state index in [9.17, 15) is 4.79 Å². The maximum absolute atomic E-state index is 11.2. The fraction of sp³-hybridized carbons (Fsp3) is 0.286. The van der Waals surface area contributed by atoms with E-state index in [-0.39, 0.29) is 5.91 Å². The Labute approximate surface area is 74.0 Å². The molecule has 0 bridgehead atoms. The van der Waals surface area contributed by atoms with Crippen molar-refractivity contribution >= 4 is 18.1 Å². The van der Waals surface area contributed by atoms with Gasteiger partial charge in [-0.15, -0.1) is 0 Å². The van der Waals surface area contributed by atoms with E-state index in [0.717, 1.165) is 12.0 Å². The van der Waals surface area contributed by atoms with E-state index >= 15 is 0 Å². The molecule has 2 heterocycles. The van der Waals surface area contributed by atoms with Gasteiger partial charge in [0.1, 0.15) is 5.69 Å². The lowest BCUT2D eigenvalue weighted by atomic mass is 10.1. The van der Waals surface area contributed by atoms with Gasteiger partial charge in [-0.3, -0.25) is 4.79 Å². The number of H-pyrrole nitrogens is 1. The van der Waals surface area contributed by atoms with E-state index in [0.29, 0.717) is 17.0 Å². The molecule has 0 saturated carbocycles. The minimum absolute atomic E-state index is 0.0928. The highest BCUT2D eigenvalue weighted by molar-refractivity contribution is 7.71. The molecular weight excluding hydrogens is 174 g/mol. The number of hydrogen-bond acceptors (Lipinski definition) is 3. The van der Waals surface area contributed by atoms with Crippen LogP contribution in [0.25, 0.3) is 0 Å². The molecule has 0 spiro atoms. The van der Waals surface area contributed by atoms with Crippen molar-refractivity contribution in [3.63, 3.8) is 0 Å². The van der Waals surface area contributed by atoms with Crippen molar-refractivity contribution in [2.75, 3.05) is 6.54 Å². The van der Waals surface area contributed by atoms with Crippen LogP contribution in [-0.2, 0) is 6.42 Å². The molecule has 0 aromatic carbocycles. The van der Waals surface area contributed by atoms with Crippen molar-refractivity contribution in [3.8, 4) is 0 Å². The second-order valence-electron chi connectivity index (χ2n) is 2.59. The molecule has 62 valence electrons. The second kappa shape index (κ2) is 2.67. The van der Waals surface area contributed by atoms with Crippen molar-refractivity contribution in [3.05, 3.63) is 22.2 Å². The quantitative estimate of drug-likeness (QED) is 0.570. The third-order valence-electron chi connectivity index (χ3n) is 1.80. The number of fused-ring (bicyclic) bond motifs is 1. The largest absolute Gasteiger partial charge is 0.350 e. The molecule has 2 N–H and O–H groups in total. The summed E-state index contributed by atoms with van der Waals surface area (Å²) >= 11 is 4.80. The van der Waals surface area contributed by atoms with Crippen molar-refractivity contribution in [1.82, 2.24) is 15.3 Å². The Kier molecular flexibility index (Phi) is 1.65. The molecule has 2 rings (SSSR count). The summed E-state index contributed by atoms with van der Waals surface area (Å²) in [6.07, 6.45) is 2.48. The van der Waals surface area contributed by atoms with Crippen molar-refractivity contribution in [2.45, 2.75) is 6.42 Å². The minimum Gasteiger partial charge on any atom is -0.350 e. The van der Waals surface area contributed by atoms with Crippen LogP contribution in [0.2, 0.25) is 0 Å². The molecule has 1 aliphatic heterocycles. The summed E-state index contributed by atoms with van der Waals surface area (Å²) in [5.41, 5.74) is 1.49. The topological polar surface area (TPSA) is 57.8 Å². The van der Waals surface area contributed by atoms with E-state index in [1.165, 1.54) is 0 Å². The van der Waals surface area contributed by atoms with Crippen LogP contribution in [0.3, 0.4) is 0 Å². The smallest absolute Gasteiger partial charge is 0.268 e. The maximum atomic E-state index is 11.2. The summed E-state index contributed by atoms with van der Waals surface area (Å²) in [6.45, 7) is 0.679. The number of nitrogens with zero attached hydrogens (tertiary/aromatic N) is 1. The second-order valence-corrected chi connectivity index (χ2v) is 2.98. The van der Waals surface area contributed by atoms with Gasteiger partial charge in [0.2, 0.25) is 0 Å². The molecular formula is C7H7N3OS. The van der Waals surface area contributed by atoms with Crippen LogP contribution in [0.4, 0.5) is 0 Å². The van der Waals surface area contributed by atoms with Crippen LogP contribution in [-0.4, -0.2) is 22.4 Å². The third kappa shape index (κ3) is 1.12. The van der Waals surface area contributed by atoms with Crippen LogP contribution < -0.4 is 5.32 Å². The Balaban J connectivity index is 2.61. The number of aromatic nitrogens is 2. The van der Waals surface area contributed by atoms with Gasteiger partial charge in [-0.1, -0.05) is 0 Å². The monoisotopic (exact) mass is 181 g/mol. The molecule has 1 aromatic rings.